The summed E-state index contributed by atoms with van der Waals surface area (Å²) >= 11 is -0.331. The first-order valence-electron chi connectivity index (χ1n) is 11.1. The minimum absolute atomic E-state index is 0. The Morgan fingerprint density at radius 1 is 0.559 bits per heavy atom. The summed E-state index contributed by atoms with van der Waals surface area (Å²) in [5, 5.41) is 4.54. The summed E-state index contributed by atoms with van der Waals surface area (Å²) in [6, 6.07) is 40.4. The predicted octanol–water partition coefficient (Wildman–Crippen LogP) is 1.07. The van der Waals surface area contributed by atoms with Crippen LogP contribution in [-0.4, -0.2) is 0 Å². The number of fused-ring (bicyclic) bond motifs is 2. The van der Waals surface area contributed by atoms with E-state index in [2.05, 4.69) is 127 Å². The van der Waals surface area contributed by atoms with Gasteiger partial charge in [0.15, 0.2) is 0 Å². The predicted molar refractivity (Wildman–Crippen MR) is 134 cm³/mol. The van der Waals surface area contributed by atoms with Crippen molar-refractivity contribution in [2.24, 2.45) is 0 Å². The smallest absolute Gasteiger partial charge is 1.00 e. The van der Waals surface area contributed by atoms with Crippen LogP contribution >= 0.6 is 7.92 Å². The molecule has 34 heavy (non-hydrogen) atoms. The Kier molecular flexibility index (Phi) is 8.31. The van der Waals surface area contributed by atoms with E-state index in [1.807, 2.05) is 0 Å². The number of allylic oxidation sites excluding steroid dienone is 2. The third kappa shape index (κ3) is 4.76. The minimum Gasteiger partial charge on any atom is -1.00 e. The van der Waals surface area contributed by atoms with E-state index >= 15 is 0 Å². The first-order valence-corrected chi connectivity index (χ1v) is 14.3. The fraction of sp³-hybridized carbons (Fsp3) is 0.0667. The van der Waals surface area contributed by atoms with E-state index in [0.717, 1.165) is 0 Å². The Labute approximate surface area is 224 Å². The van der Waals surface area contributed by atoms with Gasteiger partial charge in [-0.2, -0.15) is 0 Å². The molecule has 0 heterocycles. The topological polar surface area (TPSA) is 0 Å². The van der Waals surface area contributed by atoms with E-state index in [9.17, 15) is 0 Å². The van der Waals surface area contributed by atoms with Crippen LogP contribution in [0.2, 0.25) is 0 Å². The van der Waals surface area contributed by atoms with Crippen LogP contribution in [0.4, 0.5) is 0 Å². The molecule has 0 amide bonds. The molecule has 4 aromatic rings. The van der Waals surface area contributed by atoms with Gasteiger partial charge in [0.25, 0.3) is 0 Å². The molecule has 0 aromatic heterocycles. The van der Waals surface area contributed by atoms with Gasteiger partial charge >= 0.3 is 201 Å². The maximum atomic E-state index is 2.53. The molecule has 0 bridgehead atoms. The van der Waals surface area contributed by atoms with E-state index in [1.165, 1.54) is 27.3 Å². The van der Waals surface area contributed by atoms with E-state index in [1.54, 1.807) is 10.9 Å². The minimum atomic E-state index is -0.557. The zero-order valence-corrected chi connectivity index (χ0v) is 22.5. The molecule has 2 aliphatic carbocycles. The molecule has 2 unspecified atom stereocenters. The molecule has 0 radical (unpaired) electrons. The van der Waals surface area contributed by atoms with Gasteiger partial charge in [-0.3, -0.25) is 0 Å². The molecule has 0 saturated carbocycles. The molecule has 6 rings (SSSR count). The van der Waals surface area contributed by atoms with Crippen molar-refractivity contribution >= 4 is 30.7 Å². The van der Waals surface area contributed by atoms with Crippen LogP contribution < -0.4 is 35.4 Å². The fourth-order valence-corrected chi connectivity index (χ4v) is 10.9. The van der Waals surface area contributed by atoms with Crippen LogP contribution in [0.1, 0.15) is 30.7 Å². The average Bonchev–Trinajstić information content (AvgIpc) is 3.43. The van der Waals surface area contributed by atoms with E-state index in [-0.39, 0.29) is 44.0 Å². The summed E-state index contributed by atoms with van der Waals surface area (Å²) in [6.45, 7) is 0. The van der Waals surface area contributed by atoms with Crippen LogP contribution in [-0.2, 0) is 19.2 Å². The molecule has 4 aromatic carbocycles. The van der Waals surface area contributed by atoms with Crippen molar-refractivity contribution in [3.63, 3.8) is 0 Å². The molecule has 2 atom stereocenters. The van der Waals surface area contributed by atoms with Crippen molar-refractivity contribution in [3.05, 3.63) is 143 Å². The summed E-state index contributed by atoms with van der Waals surface area (Å²) in [7, 11) is -0.557. The second kappa shape index (κ2) is 11.2. The third-order valence-electron chi connectivity index (χ3n) is 6.34. The van der Waals surface area contributed by atoms with Crippen LogP contribution in [0, 0.1) is 0 Å². The Morgan fingerprint density at radius 3 is 1.74 bits per heavy atom. The van der Waals surface area contributed by atoms with Gasteiger partial charge in [-0.1, -0.05) is 0 Å². The average molecular weight is 533 g/mol. The Balaban J connectivity index is 0.00000137. The maximum Gasteiger partial charge on any atom is -1.00 e. The van der Waals surface area contributed by atoms with Gasteiger partial charge in [-0.25, -0.2) is 0 Å². The zero-order chi connectivity index (χ0) is 21.3. The standard InChI is InChI=1S/C21H16P.C9H7.2ClH.Ti/c1-3-11-19(12-4-1)22(20-13-5-2-6-14-20)21-15-17-9-7-8-10-18(17)16-21;1-2-5-9-7-3-6-8(9)4-1;;;/h1-16H;1-7H;2*1H;/q;;;;+2/p-2. The molecule has 0 N–H and O–H groups in total. The number of halogens is 2. The number of hydrogen-bond acceptors (Lipinski definition) is 0. The van der Waals surface area contributed by atoms with Crippen molar-refractivity contribution in [1.82, 2.24) is 0 Å². The van der Waals surface area contributed by atoms with Gasteiger partial charge in [0, 0.05) is 0 Å². The summed E-state index contributed by atoms with van der Waals surface area (Å²) in [4.78, 5) is 0. The number of rotatable bonds is 5. The first-order chi connectivity index (χ1) is 15.9. The first kappa shape index (κ1) is 25.2. The van der Waals surface area contributed by atoms with Crippen LogP contribution in [0.15, 0.2) is 121 Å². The molecule has 0 saturated heterocycles. The van der Waals surface area contributed by atoms with Gasteiger partial charge in [0.05, 0.1) is 0 Å². The number of hydrogen-bond donors (Lipinski definition) is 0. The Hall–Kier alpha value is -1.92. The summed E-state index contributed by atoms with van der Waals surface area (Å²) in [5.41, 5.74) is 5.90. The normalized spacial score (nSPS) is 17.1. The van der Waals surface area contributed by atoms with Gasteiger partial charge in [-0.15, -0.1) is 0 Å². The SMILES string of the molecule is C1=C[CH]([Ti+2][CH]2C(P(c3ccccc3)c3ccccc3)=Cc3ccccc32)c2ccccc21.[Cl-].[Cl-]. The van der Waals surface area contributed by atoms with Crippen LogP contribution in [0.3, 0.4) is 0 Å². The third-order valence-corrected chi connectivity index (χ3v) is 12.1. The summed E-state index contributed by atoms with van der Waals surface area (Å²) < 4.78 is 1.15. The van der Waals surface area contributed by atoms with Gasteiger partial charge in [0.2, 0.25) is 0 Å². The fourth-order valence-electron chi connectivity index (χ4n) is 4.85. The van der Waals surface area contributed by atoms with Crippen molar-refractivity contribution in [1.29, 1.82) is 0 Å². The van der Waals surface area contributed by atoms with Crippen molar-refractivity contribution in [2.75, 3.05) is 0 Å². The van der Waals surface area contributed by atoms with Crippen molar-refractivity contribution in [2.45, 2.75) is 8.45 Å². The second-order valence-electron chi connectivity index (χ2n) is 8.27. The molecular weight excluding hydrogens is 510 g/mol. The van der Waals surface area contributed by atoms with Crippen LogP contribution in [0.5, 0.6) is 0 Å². The maximum absolute atomic E-state index is 2.53. The summed E-state index contributed by atoms with van der Waals surface area (Å²) in [6.07, 6.45) is 7.33. The summed E-state index contributed by atoms with van der Waals surface area (Å²) in [5.74, 6) is 0. The molecule has 0 aliphatic heterocycles. The molecule has 4 heteroatoms. The van der Waals surface area contributed by atoms with Gasteiger partial charge in [-0.05, 0) is 0 Å². The molecule has 0 spiro atoms. The van der Waals surface area contributed by atoms with Gasteiger partial charge in [0.1, 0.15) is 0 Å². The number of benzene rings is 4. The monoisotopic (exact) mass is 532 g/mol. The largest absolute Gasteiger partial charge is 1.00 e. The Bertz CT molecular complexity index is 1280. The molecular formula is C30H23Cl2PTi. The quantitative estimate of drug-likeness (QED) is 0.266. The van der Waals surface area contributed by atoms with Crippen LogP contribution in [0.25, 0.3) is 12.2 Å². The van der Waals surface area contributed by atoms with E-state index in [4.69, 9.17) is 0 Å². The molecule has 2 aliphatic rings. The van der Waals surface area contributed by atoms with Gasteiger partial charge < -0.3 is 24.8 Å². The second-order valence-corrected chi connectivity index (χ2v) is 12.9. The van der Waals surface area contributed by atoms with Crippen molar-refractivity contribution < 1.29 is 44.0 Å². The van der Waals surface area contributed by atoms with E-state index in [0.29, 0.717) is 8.45 Å². The zero-order valence-electron chi connectivity index (χ0n) is 18.5. The Morgan fingerprint density at radius 2 is 1.09 bits per heavy atom. The van der Waals surface area contributed by atoms with E-state index < -0.39 is 7.92 Å². The molecule has 166 valence electrons. The molecule has 0 fully saturated rings. The van der Waals surface area contributed by atoms with Crippen molar-refractivity contribution in [3.8, 4) is 0 Å². The molecule has 0 nitrogen and oxygen atoms in total.